The highest BCUT2D eigenvalue weighted by Crippen LogP contribution is 2.32. The summed E-state index contributed by atoms with van der Waals surface area (Å²) in [4.78, 5) is 3.97. The van der Waals surface area contributed by atoms with Crippen molar-refractivity contribution in [2.45, 2.75) is 19.3 Å². The molecule has 0 amide bonds. The van der Waals surface area contributed by atoms with Crippen LogP contribution in [0.3, 0.4) is 0 Å². The van der Waals surface area contributed by atoms with Crippen molar-refractivity contribution in [2.24, 2.45) is 4.99 Å². The molecule has 2 aromatic carbocycles. The van der Waals surface area contributed by atoms with Gasteiger partial charge in [0.2, 0.25) is 0 Å². The number of nitrogens with zero attached hydrogens (tertiary/aromatic N) is 2. The molecule has 0 fully saturated rings. The molecular weight excluding hydrogens is 388 g/mol. The SMILES string of the molecule is CN=C(NCc1cc(-c2ccccc2)on1)NCc1ccc(F)cc1C(F)(F)F. The van der Waals surface area contributed by atoms with Crippen molar-refractivity contribution in [3.63, 3.8) is 0 Å². The van der Waals surface area contributed by atoms with Crippen LogP contribution in [0.5, 0.6) is 0 Å². The van der Waals surface area contributed by atoms with Crippen LogP contribution in [0, 0.1) is 5.82 Å². The summed E-state index contributed by atoms with van der Waals surface area (Å²) in [7, 11) is 1.49. The molecule has 1 heterocycles. The van der Waals surface area contributed by atoms with Gasteiger partial charge < -0.3 is 15.2 Å². The summed E-state index contributed by atoms with van der Waals surface area (Å²) >= 11 is 0. The summed E-state index contributed by atoms with van der Waals surface area (Å²) in [6.07, 6.45) is -4.65. The Bertz CT molecular complexity index is 984. The Hall–Kier alpha value is -3.36. The van der Waals surface area contributed by atoms with E-state index in [4.69, 9.17) is 4.52 Å². The zero-order chi connectivity index (χ0) is 20.9. The third-order valence-corrected chi connectivity index (χ3v) is 4.10. The van der Waals surface area contributed by atoms with Gasteiger partial charge in [0.25, 0.3) is 0 Å². The van der Waals surface area contributed by atoms with E-state index in [0.29, 0.717) is 17.5 Å². The van der Waals surface area contributed by atoms with Crippen LogP contribution >= 0.6 is 0 Å². The summed E-state index contributed by atoms with van der Waals surface area (Å²) in [5.74, 6) is -0.0676. The molecule has 2 N–H and O–H groups in total. The fourth-order valence-corrected chi connectivity index (χ4v) is 2.67. The topological polar surface area (TPSA) is 62.5 Å². The van der Waals surface area contributed by atoms with E-state index < -0.39 is 17.6 Å². The average molecular weight is 406 g/mol. The number of guanidine groups is 1. The Kier molecular flexibility index (Phi) is 6.16. The molecule has 1 aromatic heterocycles. The number of alkyl halides is 3. The second-order valence-electron chi connectivity index (χ2n) is 6.13. The second kappa shape index (κ2) is 8.76. The molecule has 0 unspecified atom stereocenters. The molecule has 0 spiro atoms. The van der Waals surface area contributed by atoms with E-state index in [1.165, 1.54) is 7.05 Å². The molecule has 0 aliphatic carbocycles. The van der Waals surface area contributed by atoms with Crippen molar-refractivity contribution in [3.05, 3.63) is 77.2 Å². The zero-order valence-corrected chi connectivity index (χ0v) is 15.4. The molecule has 152 valence electrons. The summed E-state index contributed by atoms with van der Waals surface area (Å²) in [6.45, 7) is 0.0778. The zero-order valence-electron chi connectivity index (χ0n) is 15.4. The Morgan fingerprint density at radius 3 is 2.45 bits per heavy atom. The van der Waals surface area contributed by atoms with Gasteiger partial charge in [-0.05, 0) is 17.7 Å². The number of benzene rings is 2. The van der Waals surface area contributed by atoms with Crippen molar-refractivity contribution in [2.75, 3.05) is 7.05 Å². The van der Waals surface area contributed by atoms with E-state index in [0.717, 1.165) is 17.7 Å². The number of nitrogens with one attached hydrogen (secondary N) is 2. The lowest BCUT2D eigenvalue weighted by atomic mass is 10.1. The third-order valence-electron chi connectivity index (χ3n) is 4.10. The molecule has 3 rings (SSSR count). The van der Waals surface area contributed by atoms with Gasteiger partial charge in [-0.2, -0.15) is 13.2 Å². The maximum absolute atomic E-state index is 13.2. The van der Waals surface area contributed by atoms with Gasteiger partial charge >= 0.3 is 6.18 Å². The lowest BCUT2D eigenvalue weighted by Gasteiger charge is -2.15. The number of rotatable bonds is 5. The Balaban J connectivity index is 1.61. The molecule has 0 aliphatic heterocycles. The fourth-order valence-electron chi connectivity index (χ4n) is 2.67. The molecule has 0 bridgehead atoms. The number of hydrogen-bond acceptors (Lipinski definition) is 3. The van der Waals surface area contributed by atoms with Crippen molar-refractivity contribution in [1.82, 2.24) is 15.8 Å². The molecule has 0 saturated heterocycles. The smallest absolute Gasteiger partial charge is 0.356 e. The number of aromatic nitrogens is 1. The van der Waals surface area contributed by atoms with Gasteiger partial charge in [-0.3, -0.25) is 4.99 Å². The first-order valence-corrected chi connectivity index (χ1v) is 8.68. The lowest BCUT2D eigenvalue weighted by Crippen LogP contribution is -2.36. The van der Waals surface area contributed by atoms with Gasteiger partial charge in [0.05, 0.1) is 12.1 Å². The molecule has 0 radical (unpaired) electrons. The Labute approximate surface area is 164 Å². The van der Waals surface area contributed by atoms with Gasteiger partial charge in [0.1, 0.15) is 11.5 Å². The van der Waals surface area contributed by atoms with Crippen LogP contribution in [0.2, 0.25) is 0 Å². The molecule has 0 aliphatic rings. The molecular formula is C20H18F4N4O. The van der Waals surface area contributed by atoms with Crippen LogP contribution in [0.15, 0.2) is 64.1 Å². The molecule has 5 nitrogen and oxygen atoms in total. The summed E-state index contributed by atoms with van der Waals surface area (Å²) in [5, 5.41) is 9.70. The van der Waals surface area contributed by atoms with E-state index in [2.05, 4.69) is 20.8 Å². The van der Waals surface area contributed by atoms with E-state index in [-0.39, 0.29) is 24.6 Å². The summed E-state index contributed by atoms with van der Waals surface area (Å²) in [5.41, 5.74) is 0.369. The normalized spacial score (nSPS) is 12.1. The minimum Gasteiger partial charge on any atom is -0.356 e. The molecule has 3 aromatic rings. The van der Waals surface area contributed by atoms with Crippen LogP contribution in [0.25, 0.3) is 11.3 Å². The predicted molar refractivity (Wildman–Crippen MR) is 100 cm³/mol. The Morgan fingerprint density at radius 2 is 1.76 bits per heavy atom. The first-order valence-electron chi connectivity index (χ1n) is 8.68. The number of halogens is 4. The highest BCUT2D eigenvalue weighted by molar-refractivity contribution is 5.79. The van der Waals surface area contributed by atoms with Gasteiger partial charge in [0, 0.05) is 25.2 Å². The van der Waals surface area contributed by atoms with Crippen LogP contribution in [0.4, 0.5) is 17.6 Å². The van der Waals surface area contributed by atoms with E-state index >= 15 is 0 Å². The highest BCUT2D eigenvalue weighted by Gasteiger charge is 2.33. The van der Waals surface area contributed by atoms with Gasteiger partial charge in [-0.15, -0.1) is 0 Å². The summed E-state index contributed by atoms with van der Waals surface area (Å²) < 4.78 is 57.8. The Morgan fingerprint density at radius 1 is 1.03 bits per heavy atom. The van der Waals surface area contributed by atoms with E-state index in [1.807, 2.05) is 30.3 Å². The first-order chi connectivity index (χ1) is 13.9. The highest BCUT2D eigenvalue weighted by atomic mass is 19.4. The van der Waals surface area contributed by atoms with Crippen molar-refractivity contribution in [1.29, 1.82) is 0 Å². The van der Waals surface area contributed by atoms with Gasteiger partial charge in [-0.25, -0.2) is 4.39 Å². The van der Waals surface area contributed by atoms with Crippen molar-refractivity contribution in [3.8, 4) is 11.3 Å². The maximum Gasteiger partial charge on any atom is 0.416 e. The van der Waals surface area contributed by atoms with Crippen LogP contribution in [-0.2, 0) is 19.3 Å². The van der Waals surface area contributed by atoms with E-state index in [9.17, 15) is 17.6 Å². The quantitative estimate of drug-likeness (QED) is 0.375. The molecule has 29 heavy (non-hydrogen) atoms. The molecule has 0 atom stereocenters. The largest absolute Gasteiger partial charge is 0.416 e. The van der Waals surface area contributed by atoms with Gasteiger partial charge in [-0.1, -0.05) is 41.6 Å². The minimum absolute atomic E-state index is 0.0883. The average Bonchev–Trinajstić information content (AvgIpc) is 3.18. The molecule has 0 saturated carbocycles. The minimum atomic E-state index is -4.65. The maximum atomic E-state index is 13.2. The number of aliphatic imine (C=N–C) groups is 1. The standard InChI is InChI=1S/C20H18F4N4O/c1-25-19(26-11-14-7-8-15(21)9-17(14)20(22,23)24)27-12-16-10-18(29-28-16)13-5-3-2-4-6-13/h2-10H,11-12H2,1H3,(H2,25,26,27). The lowest BCUT2D eigenvalue weighted by molar-refractivity contribution is -0.138. The van der Waals surface area contributed by atoms with Crippen LogP contribution in [-0.4, -0.2) is 18.2 Å². The van der Waals surface area contributed by atoms with Gasteiger partial charge in [0.15, 0.2) is 11.7 Å². The van der Waals surface area contributed by atoms with Crippen LogP contribution < -0.4 is 10.6 Å². The molecule has 9 heteroatoms. The number of hydrogen-bond donors (Lipinski definition) is 2. The second-order valence-corrected chi connectivity index (χ2v) is 6.13. The monoisotopic (exact) mass is 406 g/mol. The first kappa shape index (κ1) is 20.4. The van der Waals surface area contributed by atoms with Crippen molar-refractivity contribution >= 4 is 5.96 Å². The fraction of sp³-hybridized carbons (Fsp3) is 0.200. The van der Waals surface area contributed by atoms with Crippen molar-refractivity contribution < 1.29 is 22.1 Å². The van der Waals surface area contributed by atoms with Crippen LogP contribution in [0.1, 0.15) is 16.8 Å². The predicted octanol–water partition coefficient (Wildman–Crippen LogP) is 4.36. The summed E-state index contributed by atoms with van der Waals surface area (Å²) in [6, 6.07) is 13.8. The third kappa shape index (κ3) is 5.34. The van der Waals surface area contributed by atoms with E-state index in [1.54, 1.807) is 6.07 Å².